The number of ether oxygens (including phenoxy) is 1. The minimum atomic E-state index is -4.43. The zero-order valence-electron chi connectivity index (χ0n) is 11.9. The van der Waals surface area contributed by atoms with Crippen molar-refractivity contribution in [3.05, 3.63) is 41.5 Å². The van der Waals surface area contributed by atoms with E-state index in [2.05, 4.69) is 10.6 Å². The highest BCUT2D eigenvalue weighted by molar-refractivity contribution is 5.77. The second-order valence-corrected chi connectivity index (χ2v) is 4.91. The lowest BCUT2D eigenvalue weighted by Crippen LogP contribution is -2.32. The number of hydrogen-bond donors (Lipinski definition) is 2. The summed E-state index contributed by atoms with van der Waals surface area (Å²) in [6.07, 6.45) is -1.55. The second-order valence-electron chi connectivity index (χ2n) is 4.91. The molecule has 0 aromatic heterocycles. The van der Waals surface area contributed by atoms with E-state index in [0.717, 1.165) is 37.2 Å². The molecule has 0 spiro atoms. The lowest BCUT2D eigenvalue weighted by molar-refractivity contribution is -0.137. The Balaban J connectivity index is 1.80. The van der Waals surface area contributed by atoms with Crippen molar-refractivity contribution in [3.63, 3.8) is 0 Å². The van der Waals surface area contributed by atoms with E-state index in [0.29, 0.717) is 6.54 Å². The minimum absolute atomic E-state index is 0.0195. The Morgan fingerprint density at radius 3 is 2.86 bits per heavy atom. The van der Waals surface area contributed by atoms with Gasteiger partial charge in [-0.25, -0.2) is 0 Å². The number of rotatable bonds is 5. The van der Waals surface area contributed by atoms with Crippen LogP contribution >= 0.6 is 0 Å². The summed E-state index contributed by atoms with van der Waals surface area (Å²) in [7, 11) is 0. The average Bonchev–Trinajstić information content (AvgIpc) is 2.51. The van der Waals surface area contributed by atoms with Crippen molar-refractivity contribution in [2.75, 3.05) is 26.2 Å². The van der Waals surface area contributed by atoms with E-state index in [-0.39, 0.29) is 18.3 Å². The van der Waals surface area contributed by atoms with Gasteiger partial charge in [-0.05, 0) is 31.2 Å². The fourth-order valence-corrected chi connectivity index (χ4v) is 2.00. The normalized spacial score (nSPS) is 15.1. The Morgan fingerprint density at radius 2 is 2.18 bits per heavy atom. The third-order valence-corrected chi connectivity index (χ3v) is 3.20. The van der Waals surface area contributed by atoms with Crippen molar-refractivity contribution in [1.29, 1.82) is 0 Å². The number of halogens is 3. The Kier molecular flexibility index (Phi) is 5.43. The molecule has 1 aliphatic heterocycles. The van der Waals surface area contributed by atoms with Gasteiger partial charge in [0.2, 0.25) is 0 Å². The molecule has 0 atom stereocenters. The first-order chi connectivity index (χ1) is 10.4. The van der Waals surface area contributed by atoms with Crippen LogP contribution in [-0.2, 0) is 11.0 Å². The highest BCUT2D eigenvalue weighted by Crippen LogP contribution is 2.31. The summed E-state index contributed by atoms with van der Waals surface area (Å²) in [4.78, 5) is 11.6. The summed E-state index contributed by atoms with van der Waals surface area (Å²) in [6.45, 7) is 1.79. The zero-order valence-corrected chi connectivity index (χ0v) is 11.9. The van der Waals surface area contributed by atoms with Gasteiger partial charge in [0.05, 0.1) is 5.56 Å². The first kappa shape index (κ1) is 16.4. The number of carbonyl (C=O) groups excluding carboxylic acids is 1. The quantitative estimate of drug-likeness (QED) is 0.819. The van der Waals surface area contributed by atoms with E-state index in [1.165, 1.54) is 12.1 Å². The fraction of sp³-hybridized carbons (Fsp3) is 0.400. The van der Waals surface area contributed by atoms with Gasteiger partial charge in [-0.1, -0.05) is 17.7 Å². The van der Waals surface area contributed by atoms with Gasteiger partial charge in [0.15, 0.2) is 6.61 Å². The maximum absolute atomic E-state index is 12.5. The van der Waals surface area contributed by atoms with Gasteiger partial charge in [-0.3, -0.25) is 4.79 Å². The predicted octanol–water partition coefficient (Wildman–Crippen LogP) is 2.12. The van der Waals surface area contributed by atoms with E-state index < -0.39 is 11.7 Å². The van der Waals surface area contributed by atoms with Crippen LogP contribution in [0.5, 0.6) is 5.75 Å². The van der Waals surface area contributed by atoms with Crippen molar-refractivity contribution in [2.45, 2.75) is 12.6 Å². The van der Waals surface area contributed by atoms with Crippen LogP contribution in [0.15, 0.2) is 35.9 Å². The monoisotopic (exact) mass is 314 g/mol. The van der Waals surface area contributed by atoms with Gasteiger partial charge in [-0.15, -0.1) is 0 Å². The third-order valence-electron chi connectivity index (χ3n) is 3.20. The predicted molar refractivity (Wildman–Crippen MR) is 75.5 cm³/mol. The zero-order chi connectivity index (χ0) is 16.0. The van der Waals surface area contributed by atoms with Gasteiger partial charge >= 0.3 is 6.18 Å². The Morgan fingerprint density at radius 1 is 1.36 bits per heavy atom. The van der Waals surface area contributed by atoms with Crippen LogP contribution in [0.1, 0.15) is 12.0 Å². The van der Waals surface area contributed by atoms with E-state index in [4.69, 9.17) is 4.74 Å². The van der Waals surface area contributed by atoms with E-state index in [1.54, 1.807) is 0 Å². The van der Waals surface area contributed by atoms with Gasteiger partial charge in [0, 0.05) is 13.1 Å². The molecule has 1 aromatic carbocycles. The molecule has 0 fully saturated rings. The first-order valence-corrected chi connectivity index (χ1v) is 6.90. The number of nitrogens with one attached hydrogen (secondary N) is 2. The molecule has 0 unspecified atom stereocenters. The van der Waals surface area contributed by atoms with Crippen LogP contribution in [-0.4, -0.2) is 32.1 Å². The average molecular weight is 314 g/mol. The minimum Gasteiger partial charge on any atom is -0.484 e. The van der Waals surface area contributed by atoms with E-state index >= 15 is 0 Å². The largest absolute Gasteiger partial charge is 0.484 e. The topological polar surface area (TPSA) is 50.4 Å². The van der Waals surface area contributed by atoms with Crippen molar-refractivity contribution >= 4 is 5.91 Å². The number of carbonyl (C=O) groups is 1. The van der Waals surface area contributed by atoms with Crippen LogP contribution in [0.3, 0.4) is 0 Å². The summed E-state index contributed by atoms with van der Waals surface area (Å²) in [5, 5.41) is 5.85. The fourth-order valence-electron chi connectivity index (χ4n) is 2.00. The molecule has 120 valence electrons. The molecule has 4 nitrogen and oxygen atoms in total. The molecule has 2 N–H and O–H groups in total. The SMILES string of the molecule is O=C(COc1cccc(C(F)(F)F)c1)NCC1=CCNCC1. The van der Waals surface area contributed by atoms with Crippen LogP contribution in [0.4, 0.5) is 13.2 Å². The molecule has 0 bridgehead atoms. The summed E-state index contributed by atoms with van der Waals surface area (Å²) in [5.41, 5.74) is 0.330. The number of benzene rings is 1. The van der Waals surface area contributed by atoms with E-state index in [9.17, 15) is 18.0 Å². The smallest absolute Gasteiger partial charge is 0.416 e. The van der Waals surface area contributed by atoms with Gasteiger partial charge in [-0.2, -0.15) is 13.2 Å². The van der Waals surface area contributed by atoms with Crippen LogP contribution in [0.25, 0.3) is 0 Å². The summed E-state index contributed by atoms with van der Waals surface area (Å²) in [5.74, 6) is -0.345. The molecule has 1 heterocycles. The molecule has 2 rings (SSSR count). The lowest BCUT2D eigenvalue weighted by Gasteiger charge is -2.15. The van der Waals surface area contributed by atoms with Crippen LogP contribution in [0, 0.1) is 0 Å². The second kappa shape index (κ2) is 7.31. The molecule has 0 radical (unpaired) electrons. The maximum atomic E-state index is 12.5. The highest BCUT2D eigenvalue weighted by Gasteiger charge is 2.30. The summed E-state index contributed by atoms with van der Waals surface area (Å²) >= 11 is 0. The van der Waals surface area contributed by atoms with Gasteiger partial charge < -0.3 is 15.4 Å². The lowest BCUT2D eigenvalue weighted by atomic mass is 10.1. The van der Waals surface area contributed by atoms with Crippen LogP contribution < -0.4 is 15.4 Å². The number of hydrogen-bond acceptors (Lipinski definition) is 3. The van der Waals surface area contributed by atoms with Crippen molar-refractivity contribution in [3.8, 4) is 5.75 Å². The Hall–Kier alpha value is -2.02. The van der Waals surface area contributed by atoms with Crippen molar-refractivity contribution in [1.82, 2.24) is 10.6 Å². The van der Waals surface area contributed by atoms with Gasteiger partial charge in [0.1, 0.15) is 5.75 Å². The molecule has 0 saturated heterocycles. The number of alkyl halides is 3. The Labute approximate surface area is 126 Å². The molecule has 0 aliphatic carbocycles. The molecule has 0 saturated carbocycles. The molecule has 1 aliphatic rings. The Bertz CT molecular complexity index is 556. The summed E-state index contributed by atoms with van der Waals surface area (Å²) in [6, 6.07) is 4.47. The molecule has 1 amide bonds. The molecular weight excluding hydrogens is 297 g/mol. The molecule has 1 aromatic rings. The van der Waals surface area contributed by atoms with Crippen LogP contribution in [0.2, 0.25) is 0 Å². The van der Waals surface area contributed by atoms with Crippen molar-refractivity contribution in [2.24, 2.45) is 0 Å². The van der Waals surface area contributed by atoms with E-state index in [1.807, 2.05) is 6.08 Å². The third kappa shape index (κ3) is 5.07. The highest BCUT2D eigenvalue weighted by atomic mass is 19.4. The maximum Gasteiger partial charge on any atom is 0.416 e. The molecule has 22 heavy (non-hydrogen) atoms. The van der Waals surface area contributed by atoms with Crippen molar-refractivity contribution < 1.29 is 22.7 Å². The number of amides is 1. The standard InChI is InChI=1S/C15H17F3N2O2/c16-15(17,18)12-2-1-3-13(8-12)22-10-14(21)20-9-11-4-6-19-7-5-11/h1-4,8,19H,5-7,9-10H2,(H,20,21). The molecular formula is C15H17F3N2O2. The molecule has 7 heteroatoms. The first-order valence-electron chi connectivity index (χ1n) is 6.90. The summed E-state index contributed by atoms with van der Waals surface area (Å²) < 4.78 is 42.7. The van der Waals surface area contributed by atoms with Gasteiger partial charge in [0.25, 0.3) is 5.91 Å².